The van der Waals surface area contributed by atoms with Crippen molar-refractivity contribution < 1.29 is 19.5 Å². The van der Waals surface area contributed by atoms with Gasteiger partial charge in [-0.2, -0.15) is 0 Å². The lowest BCUT2D eigenvalue weighted by Gasteiger charge is -2.13. The number of para-hydroxylation sites is 1. The molecule has 0 radical (unpaired) electrons. The molecule has 0 bridgehead atoms. The van der Waals surface area contributed by atoms with E-state index in [1.807, 2.05) is 78.9 Å². The van der Waals surface area contributed by atoms with Gasteiger partial charge >= 0.3 is 0 Å². The Morgan fingerprint density at radius 1 is 0.349 bits per heavy atom. The van der Waals surface area contributed by atoms with Crippen molar-refractivity contribution in [1.29, 1.82) is 0 Å². The van der Waals surface area contributed by atoms with Gasteiger partial charge in [0.15, 0.2) is 0 Å². The van der Waals surface area contributed by atoms with Crippen molar-refractivity contribution in [2.45, 2.75) is 0 Å². The molecule has 0 N–H and O–H groups in total. The molecule has 0 aliphatic heterocycles. The van der Waals surface area contributed by atoms with Crippen LogP contribution in [0.2, 0.25) is 0 Å². The van der Waals surface area contributed by atoms with E-state index in [0.717, 1.165) is 44.2 Å². The van der Waals surface area contributed by atoms with E-state index in [4.69, 9.17) is 15.4 Å². The molecule has 0 aliphatic rings. The van der Waals surface area contributed by atoms with Crippen LogP contribution in [0.25, 0.3) is 87.6 Å². The van der Waals surface area contributed by atoms with Crippen molar-refractivity contribution in [3.8, 4) is 33.4 Å². The van der Waals surface area contributed by atoms with Crippen LogP contribution >= 0.6 is 0 Å². The number of furan rings is 1. The molecule has 0 amide bonds. The summed E-state index contributed by atoms with van der Waals surface area (Å²) in [5.74, 6) is 0. The molecule has 0 saturated heterocycles. The third-order valence-corrected chi connectivity index (χ3v) is 8.00. The normalized spacial score (nSPS) is 15.3. The van der Waals surface area contributed by atoms with Crippen molar-refractivity contribution in [3.63, 3.8) is 0 Å². The van der Waals surface area contributed by atoms with Crippen LogP contribution in [-0.2, 0) is 0 Å². The smallest absolute Gasteiger partial charge is 0.136 e. The van der Waals surface area contributed by atoms with E-state index in [0.29, 0.717) is 5.56 Å². The van der Waals surface area contributed by atoms with E-state index in [-0.39, 0.29) is 50.0 Å². The molecule has 0 unspecified atom stereocenters. The van der Waals surface area contributed by atoms with Crippen LogP contribution in [0.15, 0.2) is 162 Å². The van der Waals surface area contributed by atoms with Crippen molar-refractivity contribution in [2.24, 2.45) is 0 Å². The maximum atomic E-state index is 9.55. The monoisotopic (exact) mass is 557 g/mol. The van der Waals surface area contributed by atoms with Crippen LogP contribution in [0.3, 0.4) is 0 Å². The lowest BCUT2D eigenvalue weighted by molar-refractivity contribution is 0.669. The van der Waals surface area contributed by atoms with Gasteiger partial charge in [0.05, 0.1) is 15.1 Å². The Hall–Kier alpha value is -5.66. The van der Waals surface area contributed by atoms with Gasteiger partial charge < -0.3 is 4.42 Å². The summed E-state index contributed by atoms with van der Waals surface area (Å²) in [6, 6.07) is 23.6. The standard InChI is InChI=1S/C42H26O/c1-2-15-35-33(13-1)34-14-3-4-16-36(34)40-25-31(19-21-37(35)40)29-11-7-9-27(23-29)28-10-8-12-30(24-28)32-20-22-39-38-17-5-6-18-41(38)43-42(39)26-32/h1-26H/i1D,2D,3D,4D,13D,14D,15D,16D,19D,21D,25D. The largest absolute Gasteiger partial charge is 0.456 e. The molecule has 8 aromatic carbocycles. The highest BCUT2D eigenvalue weighted by atomic mass is 16.3. The molecule has 0 fully saturated rings. The number of rotatable bonds is 3. The Labute approximate surface area is 264 Å². The first-order valence-electron chi connectivity index (χ1n) is 19.4. The zero-order chi connectivity index (χ0) is 37.9. The Morgan fingerprint density at radius 3 is 1.51 bits per heavy atom. The molecule has 0 spiro atoms. The maximum Gasteiger partial charge on any atom is 0.136 e. The number of benzene rings is 8. The van der Waals surface area contributed by atoms with Crippen molar-refractivity contribution in [3.05, 3.63) is 157 Å². The van der Waals surface area contributed by atoms with Crippen LogP contribution in [-0.4, -0.2) is 0 Å². The fourth-order valence-electron chi connectivity index (χ4n) is 5.94. The predicted octanol–water partition coefficient (Wildman–Crippen LogP) is 12.0. The van der Waals surface area contributed by atoms with E-state index < -0.39 is 54.4 Å². The third-order valence-electron chi connectivity index (χ3n) is 8.00. The van der Waals surface area contributed by atoms with Crippen LogP contribution in [0.1, 0.15) is 15.1 Å². The Morgan fingerprint density at radius 2 is 0.860 bits per heavy atom. The van der Waals surface area contributed by atoms with Gasteiger partial charge in [0.2, 0.25) is 0 Å². The fraction of sp³-hybridized carbons (Fsp3) is 0. The fourth-order valence-corrected chi connectivity index (χ4v) is 5.94. The van der Waals surface area contributed by atoms with Gasteiger partial charge in [0.1, 0.15) is 11.2 Å². The first kappa shape index (κ1) is 15.5. The summed E-state index contributed by atoms with van der Waals surface area (Å²) >= 11 is 0. The van der Waals surface area contributed by atoms with Gasteiger partial charge in [-0.25, -0.2) is 0 Å². The van der Waals surface area contributed by atoms with Crippen LogP contribution in [0.4, 0.5) is 0 Å². The third kappa shape index (κ3) is 3.86. The van der Waals surface area contributed by atoms with E-state index in [9.17, 15) is 4.11 Å². The molecule has 200 valence electrons. The second-order valence-electron chi connectivity index (χ2n) is 10.5. The highest BCUT2D eigenvalue weighted by Crippen LogP contribution is 2.38. The number of hydrogen-bond donors (Lipinski definition) is 0. The molecule has 9 aromatic rings. The maximum absolute atomic E-state index is 9.55. The highest BCUT2D eigenvalue weighted by Gasteiger charge is 2.11. The van der Waals surface area contributed by atoms with Gasteiger partial charge in [0, 0.05) is 10.8 Å². The second-order valence-corrected chi connectivity index (χ2v) is 10.5. The summed E-state index contributed by atoms with van der Waals surface area (Å²) in [5.41, 5.74) is 5.58. The van der Waals surface area contributed by atoms with E-state index in [1.165, 1.54) is 0 Å². The van der Waals surface area contributed by atoms with Gasteiger partial charge in [0.25, 0.3) is 0 Å². The van der Waals surface area contributed by atoms with Gasteiger partial charge in [-0.1, -0.05) is 121 Å². The summed E-state index contributed by atoms with van der Waals surface area (Å²) < 4.78 is 103. The second kappa shape index (κ2) is 9.44. The summed E-state index contributed by atoms with van der Waals surface area (Å²) in [6.07, 6.45) is 0. The molecule has 0 saturated carbocycles. The molecular formula is C42H26O. The number of hydrogen-bond acceptors (Lipinski definition) is 1. The first-order chi connectivity index (χ1) is 25.9. The summed E-state index contributed by atoms with van der Waals surface area (Å²) in [5, 5.41) is 1.18. The average Bonchev–Trinajstić information content (AvgIpc) is 3.57. The minimum absolute atomic E-state index is 0.0507. The van der Waals surface area contributed by atoms with Crippen molar-refractivity contribution in [1.82, 2.24) is 0 Å². The van der Waals surface area contributed by atoms with Gasteiger partial charge in [-0.05, 0) is 102 Å². The minimum Gasteiger partial charge on any atom is -0.456 e. The molecule has 43 heavy (non-hydrogen) atoms. The summed E-state index contributed by atoms with van der Waals surface area (Å²) in [4.78, 5) is 0. The molecule has 9 rings (SSSR count). The lowest BCUT2D eigenvalue weighted by Crippen LogP contribution is -1.86. The lowest BCUT2D eigenvalue weighted by atomic mass is 9.91. The predicted molar refractivity (Wildman–Crippen MR) is 183 cm³/mol. The van der Waals surface area contributed by atoms with Crippen LogP contribution in [0.5, 0.6) is 0 Å². The summed E-state index contributed by atoms with van der Waals surface area (Å²) in [6.45, 7) is 0. The summed E-state index contributed by atoms with van der Waals surface area (Å²) in [7, 11) is 0. The average molecular weight is 558 g/mol. The van der Waals surface area contributed by atoms with Crippen LogP contribution < -0.4 is 0 Å². The van der Waals surface area contributed by atoms with E-state index >= 15 is 0 Å². The van der Waals surface area contributed by atoms with Crippen LogP contribution in [0, 0.1) is 0 Å². The van der Waals surface area contributed by atoms with Gasteiger partial charge in [-0.15, -0.1) is 0 Å². The molecular weight excluding hydrogens is 520 g/mol. The zero-order valence-corrected chi connectivity index (χ0v) is 22.6. The molecule has 1 heterocycles. The highest BCUT2D eigenvalue weighted by molar-refractivity contribution is 6.25. The molecule has 1 heteroatoms. The molecule has 0 aliphatic carbocycles. The SMILES string of the molecule is [2H]c1c([2H])c([2H])c2c(c1[2H])c1c([2H])c([2H])c([2H])c([2H])c1c1c([2H])c(-c3cccc(-c4cccc(-c5ccc6c(c5)oc5ccccc56)c4)c3)c([2H])c([2H])c21. The zero-order valence-electron chi connectivity index (χ0n) is 33.6. The number of fused-ring (bicyclic) bond motifs is 9. The van der Waals surface area contributed by atoms with E-state index in [2.05, 4.69) is 0 Å². The molecule has 0 atom stereocenters. The quantitative estimate of drug-likeness (QED) is 0.197. The first-order valence-corrected chi connectivity index (χ1v) is 13.9. The Kier molecular flexibility index (Phi) is 3.41. The minimum atomic E-state index is -0.600. The Balaban J connectivity index is 1.28. The van der Waals surface area contributed by atoms with Crippen molar-refractivity contribution in [2.75, 3.05) is 0 Å². The Bertz CT molecular complexity index is 3090. The van der Waals surface area contributed by atoms with Crippen molar-refractivity contribution >= 4 is 54.3 Å². The van der Waals surface area contributed by atoms with E-state index in [1.54, 1.807) is 12.1 Å². The topological polar surface area (TPSA) is 13.1 Å². The van der Waals surface area contributed by atoms with Gasteiger partial charge in [-0.3, -0.25) is 0 Å². The molecule has 1 aromatic heterocycles. The molecule has 1 nitrogen and oxygen atoms in total.